The van der Waals surface area contributed by atoms with Crippen LogP contribution in [0, 0.1) is 5.92 Å². The number of nitrogens with one attached hydrogen (secondary N) is 1. The van der Waals surface area contributed by atoms with Gasteiger partial charge in [0.25, 0.3) is 0 Å². The van der Waals surface area contributed by atoms with Crippen molar-refractivity contribution in [3.05, 3.63) is 54.1 Å². The Morgan fingerprint density at radius 2 is 1.73 bits per heavy atom. The second kappa shape index (κ2) is 10.9. The van der Waals surface area contributed by atoms with Crippen LogP contribution in [0.25, 0.3) is 0 Å². The lowest BCUT2D eigenvalue weighted by molar-refractivity contribution is -0.119. The first-order chi connectivity index (χ1) is 14.3. The van der Waals surface area contributed by atoms with E-state index in [0.29, 0.717) is 23.7 Å². The van der Waals surface area contributed by atoms with Crippen LogP contribution < -0.4 is 19.1 Å². The second-order valence-corrected chi connectivity index (χ2v) is 8.98. The number of hydrogen-bond acceptors (Lipinski definition) is 5. The van der Waals surface area contributed by atoms with E-state index in [2.05, 4.69) is 24.4 Å². The Morgan fingerprint density at radius 1 is 1.07 bits per heavy atom. The van der Waals surface area contributed by atoms with Crippen LogP contribution in [0.2, 0.25) is 0 Å². The number of carbonyl (C=O) groups excluding carboxylic acids is 1. The van der Waals surface area contributed by atoms with Crippen molar-refractivity contribution in [2.45, 2.75) is 19.8 Å². The van der Waals surface area contributed by atoms with E-state index in [-0.39, 0.29) is 18.4 Å². The molecule has 0 fully saturated rings. The largest absolute Gasteiger partial charge is 0.493 e. The highest BCUT2D eigenvalue weighted by Gasteiger charge is 2.22. The number of methoxy groups -OCH3 is 2. The monoisotopic (exact) mass is 434 g/mol. The van der Waals surface area contributed by atoms with Gasteiger partial charge < -0.3 is 14.8 Å². The van der Waals surface area contributed by atoms with Gasteiger partial charge in [-0.25, -0.2) is 8.42 Å². The van der Waals surface area contributed by atoms with Gasteiger partial charge in [0.05, 0.1) is 26.2 Å². The molecule has 0 saturated heterocycles. The molecule has 1 amide bonds. The third-order valence-electron chi connectivity index (χ3n) is 4.88. The van der Waals surface area contributed by atoms with Crippen LogP contribution in [0.3, 0.4) is 0 Å². The van der Waals surface area contributed by atoms with Crippen LogP contribution in [0.5, 0.6) is 11.5 Å². The third kappa shape index (κ3) is 6.66. The SMILES string of the molecule is CCC(CNC(=O)CN(c1ccc(OC)c(OC)c1)S(C)(=O)=O)Cc1ccccc1. The van der Waals surface area contributed by atoms with E-state index in [1.54, 1.807) is 12.1 Å². The number of carbonyl (C=O) groups is 1. The van der Waals surface area contributed by atoms with Crippen LogP contribution in [0.15, 0.2) is 48.5 Å². The summed E-state index contributed by atoms with van der Waals surface area (Å²) in [5.74, 6) is 0.773. The van der Waals surface area contributed by atoms with E-state index in [1.165, 1.54) is 25.8 Å². The molecule has 0 spiro atoms. The number of hydrogen-bond donors (Lipinski definition) is 1. The van der Waals surface area contributed by atoms with E-state index >= 15 is 0 Å². The summed E-state index contributed by atoms with van der Waals surface area (Å²) in [6.07, 6.45) is 2.82. The molecule has 0 saturated carbocycles. The van der Waals surface area contributed by atoms with E-state index in [1.807, 2.05) is 18.2 Å². The van der Waals surface area contributed by atoms with Gasteiger partial charge in [0.15, 0.2) is 11.5 Å². The average Bonchev–Trinajstić information content (AvgIpc) is 2.74. The molecule has 2 aromatic rings. The summed E-state index contributed by atoms with van der Waals surface area (Å²) < 4.78 is 36.2. The van der Waals surface area contributed by atoms with E-state index in [4.69, 9.17) is 9.47 Å². The van der Waals surface area contributed by atoms with Gasteiger partial charge in [0.1, 0.15) is 6.54 Å². The zero-order valence-electron chi connectivity index (χ0n) is 17.9. The fourth-order valence-corrected chi connectivity index (χ4v) is 3.98. The molecule has 1 atom stereocenters. The number of amides is 1. The number of ether oxygens (including phenoxy) is 2. The molecular weight excluding hydrogens is 404 g/mol. The minimum absolute atomic E-state index is 0.268. The summed E-state index contributed by atoms with van der Waals surface area (Å²) in [6, 6.07) is 14.8. The number of nitrogens with zero attached hydrogens (tertiary/aromatic N) is 1. The molecule has 164 valence electrons. The first-order valence-corrected chi connectivity index (χ1v) is 11.6. The highest BCUT2D eigenvalue weighted by molar-refractivity contribution is 7.92. The zero-order chi connectivity index (χ0) is 22.1. The quantitative estimate of drug-likeness (QED) is 0.588. The predicted octanol–water partition coefficient (Wildman–Crippen LogP) is 2.85. The minimum Gasteiger partial charge on any atom is -0.493 e. The Labute approximate surface area is 179 Å². The molecule has 2 aromatic carbocycles. The minimum atomic E-state index is -3.67. The summed E-state index contributed by atoms with van der Waals surface area (Å²) in [7, 11) is -0.706. The van der Waals surface area contributed by atoms with Crippen LogP contribution in [-0.4, -0.2) is 47.9 Å². The fraction of sp³-hybridized carbons (Fsp3) is 0.409. The molecule has 0 heterocycles. The van der Waals surface area contributed by atoms with Crippen LogP contribution in [0.4, 0.5) is 5.69 Å². The van der Waals surface area contributed by atoms with Crippen molar-refractivity contribution in [2.75, 3.05) is 37.9 Å². The van der Waals surface area contributed by atoms with Crippen molar-refractivity contribution < 1.29 is 22.7 Å². The Bertz CT molecular complexity index is 932. The Balaban J connectivity index is 2.07. The van der Waals surface area contributed by atoms with Gasteiger partial charge in [0.2, 0.25) is 15.9 Å². The number of anilines is 1. The van der Waals surface area contributed by atoms with Gasteiger partial charge in [-0.1, -0.05) is 43.7 Å². The smallest absolute Gasteiger partial charge is 0.240 e. The first kappa shape index (κ1) is 23.5. The van der Waals surface area contributed by atoms with Crippen molar-refractivity contribution in [1.29, 1.82) is 0 Å². The van der Waals surface area contributed by atoms with Gasteiger partial charge in [0, 0.05) is 12.6 Å². The number of sulfonamides is 1. The first-order valence-electron chi connectivity index (χ1n) is 9.78. The van der Waals surface area contributed by atoms with E-state index in [9.17, 15) is 13.2 Å². The summed E-state index contributed by atoms with van der Waals surface area (Å²) >= 11 is 0. The standard InChI is InChI=1S/C22H30N2O5S/c1-5-17(13-18-9-7-6-8-10-18)15-23-22(25)16-24(30(4,26)27)19-11-12-20(28-2)21(14-19)29-3/h6-12,14,17H,5,13,15-16H2,1-4H3,(H,23,25). The van der Waals surface area contributed by atoms with Gasteiger partial charge >= 0.3 is 0 Å². The zero-order valence-corrected chi connectivity index (χ0v) is 18.7. The predicted molar refractivity (Wildman–Crippen MR) is 119 cm³/mol. The van der Waals surface area contributed by atoms with Crippen LogP contribution in [0.1, 0.15) is 18.9 Å². The maximum Gasteiger partial charge on any atom is 0.240 e. The molecule has 0 aliphatic heterocycles. The topological polar surface area (TPSA) is 84.9 Å². The van der Waals surface area contributed by atoms with Gasteiger partial charge in [-0.3, -0.25) is 9.10 Å². The maximum atomic E-state index is 12.6. The summed E-state index contributed by atoms with van der Waals surface area (Å²) in [6.45, 7) is 2.25. The lowest BCUT2D eigenvalue weighted by atomic mass is 9.97. The lowest BCUT2D eigenvalue weighted by Gasteiger charge is -2.23. The average molecular weight is 435 g/mol. The second-order valence-electron chi connectivity index (χ2n) is 7.08. The molecule has 0 aliphatic rings. The third-order valence-corrected chi connectivity index (χ3v) is 6.02. The van der Waals surface area contributed by atoms with Crippen molar-refractivity contribution >= 4 is 21.6 Å². The Morgan fingerprint density at radius 3 is 2.30 bits per heavy atom. The molecule has 30 heavy (non-hydrogen) atoms. The molecule has 0 bridgehead atoms. The number of benzene rings is 2. The Kier molecular flexibility index (Phi) is 8.53. The lowest BCUT2D eigenvalue weighted by Crippen LogP contribution is -2.41. The van der Waals surface area contributed by atoms with Gasteiger partial charge in [-0.15, -0.1) is 0 Å². The number of rotatable bonds is 11. The van der Waals surface area contributed by atoms with Crippen molar-refractivity contribution in [1.82, 2.24) is 5.32 Å². The van der Waals surface area contributed by atoms with Gasteiger partial charge in [-0.2, -0.15) is 0 Å². The Hall–Kier alpha value is -2.74. The van der Waals surface area contributed by atoms with Gasteiger partial charge in [-0.05, 0) is 30.0 Å². The molecule has 2 rings (SSSR count). The van der Waals surface area contributed by atoms with Crippen molar-refractivity contribution in [3.8, 4) is 11.5 Å². The van der Waals surface area contributed by atoms with Crippen molar-refractivity contribution in [3.63, 3.8) is 0 Å². The molecule has 1 N–H and O–H groups in total. The molecular formula is C22H30N2O5S. The fourth-order valence-electron chi connectivity index (χ4n) is 3.13. The van der Waals surface area contributed by atoms with Crippen LogP contribution in [-0.2, 0) is 21.2 Å². The van der Waals surface area contributed by atoms with Crippen molar-refractivity contribution in [2.24, 2.45) is 5.92 Å². The van der Waals surface area contributed by atoms with E-state index < -0.39 is 10.0 Å². The molecule has 1 unspecified atom stereocenters. The maximum absolute atomic E-state index is 12.6. The highest BCUT2D eigenvalue weighted by Crippen LogP contribution is 2.32. The summed E-state index contributed by atoms with van der Waals surface area (Å²) in [5, 5.41) is 2.88. The molecule has 7 nitrogen and oxygen atoms in total. The van der Waals surface area contributed by atoms with E-state index in [0.717, 1.165) is 23.4 Å². The normalized spacial score (nSPS) is 12.1. The highest BCUT2D eigenvalue weighted by atomic mass is 32.2. The summed E-state index contributed by atoms with van der Waals surface area (Å²) in [5.41, 5.74) is 1.54. The molecule has 0 aromatic heterocycles. The summed E-state index contributed by atoms with van der Waals surface area (Å²) in [4.78, 5) is 12.6. The molecule has 0 radical (unpaired) electrons. The van der Waals surface area contributed by atoms with Crippen LogP contribution >= 0.6 is 0 Å². The molecule has 0 aliphatic carbocycles. The molecule has 8 heteroatoms.